The van der Waals surface area contributed by atoms with Crippen molar-refractivity contribution in [2.24, 2.45) is 5.92 Å². The summed E-state index contributed by atoms with van der Waals surface area (Å²) < 4.78 is 0. The molecule has 0 spiro atoms. The van der Waals surface area contributed by atoms with Gasteiger partial charge in [0.15, 0.2) is 0 Å². The smallest absolute Gasteiger partial charge is 0.331 e. The number of nitrogens with one attached hydrogen (secondary N) is 2. The van der Waals surface area contributed by atoms with Gasteiger partial charge in [0.05, 0.1) is 0 Å². The van der Waals surface area contributed by atoms with Crippen LogP contribution in [0.2, 0.25) is 0 Å². The Bertz CT molecular complexity index is 224. The highest BCUT2D eigenvalue weighted by molar-refractivity contribution is 5.87. The van der Waals surface area contributed by atoms with Gasteiger partial charge >= 0.3 is 5.97 Å². The molecule has 11 heavy (non-hydrogen) atoms. The molecule has 1 saturated heterocycles. The number of hydrogen-bond donors (Lipinski definition) is 3. The standard InChI is InChI=1S/C7H10N2O2/c10-7(11)4-1-5-3-8-9-6(5)2-4/h1,5-6,8-9H,2-3H2,(H,10,11). The van der Waals surface area contributed by atoms with Crippen LogP contribution in [0, 0.1) is 5.92 Å². The van der Waals surface area contributed by atoms with E-state index < -0.39 is 5.97 Å². The molecule has 2 aliphatic rings. The van der Waals surface area contributed by atoms with Crippen LogP contribution in [0.25, 0.3) is 0 Å². The lowest BCUT2D eigenvalue weighted by atomic mass is 10.1. The molecule has 2 atom stereocenters. The second-order valence-electron chi connectivity index (χ2n) is 3.00. The summed E-state index contributed by atoms with van der Waals surface area (Å²) in [5, 5.41) is 8.65. The summed E-state index contributed by atoms with van der Waals surface area (Å²) in [6.07, 6.45) is 2.49. The number of hydrogen-bond acceptors (Lipinski definition) is 3. The SMILES string of the molecule is O=C(O)C1=CC2CNNC2C1. The highest BCUT2D eigenvalue weighted by Gasteiger charge is 2.33. The molecule has 4 heteroatoms. The Labute approximate surface area is 64.3 Å². The van der Waals surface area contributed by atoms with Gasteiger partial charge in [0.1, 0.15) is 0 Å². The molecular formula is C7H10N2O2. The van der Waals surface area contributed by atoms with Crippen LogP contribution in [-0.2, 0) is 4.79 Å². The summed E-state index contributed by atoms with van der Waals surface area (Å²) in [4.78, 5) is 10.5. The van der Waals surface area contributed by atoms with Crippen LogP contribution in [0.4, 0.5) is 0 Å². The summed E-state index contributed by atoms with van der Waals surface area (Å²) in [6, 6.07) is 0.307. The summed E-state index contributed by atoms with van der Waals surface area (Å²) in [5.41, 5.74) is 6.58. The van der Waals surface area contributed by atoms with Crippen LogP contribution in [0.3, 0.4) is 0 Å². The third kappa shape index (κ3) is 1.04. The van der Waals surface area contributed by atoms with E-state index in [0.29, 0.717) is 24.0 Å². The highest BCUT2D eigenvalue weighted by atomic mass is 16.4. The maximum atomic E-state index is 10.5. The third-order valence-electron chi connectivity index (χ3n) is 2.27. The van der Waals surface area contributed by atoms with Crippen LogP contribution in [0.1, 0.15) is 6.42 Å². The van der Waals surface area contributed by atoms with E-state index in [1.807, 2.05) is 6.08 Å². The molecule has 0 aromatic rings. The lowest BCUT2D eigenvalue weighted by Crippen LogP contribution is -2.30. The van der Waals surface area contributed by atoms with Crippen molar-refractivity contribution in [2.75, 3.05) is 6.54 Å². The first kappa shape index (κ1) is 6.82. The number of carboxylic acid groups (broad SMARTS) is 1. The largest absolute Gasteiger partial charge is 0.478 e. The zero-order valence-electron chi connectivity index (χ0n) is 6.00. The average Bonchev–Trinajstić information content (AvgIpc) is 2.40. The highest BCUT2D eigenvalue weighted by Crippen LogP contribution is 2.26. The molecule has 1 heterocycles. The van der Waals surface area contributed by atoms with Crippen molar-refractivity contribution in [3.8, 4) is 0 Å². The van der Waals surface area contributed by atoms with E-state index in [1.165, 1.54) is 0 Å². The average molecular weight is 154 g/mol. The van der Waals surface area contributed by atoms with Crippen LogP contribution in [0.15, 0.2) is 11.6 Å². The molecule has 0 radical (unpaired) electrons. The lowest BCUT2D eigenvalue weighted by molar-refractivity contribution is -0.132. The van der Waals surface area contributed by atoms with Gasteiger partial charge in [0, 0.05) is 24.1 Å². The van der Waals surface area contributed by atoms with Crippen molar-refractivity contribution >= 4 is 5.97 Å². The number of fused-ring (bicyclic) bond motifs is 1. The van der Waals surface area contributed by atoms with Gasteiger partial charge in [0.2, 0.25) is 0 Å². The van der Waals surface area contributed by atoms with E-state index in [2.05, 4.69) is 10.9 Å². The van der Waals surface area contributed by atoms with E-state index in [9.17, 15) is 4.79 Å². The Morgan fingerprint density at radius 3 is 3.18 bits per heavy atom. The predicted octanol–water partition coefficient (Wildman–Crippen LogP) is -0.506. The van der Waals surface area contributed by atoms with Crippen molar-refractivity contribution in [3.63, 3.8) is 0 Å². The van der Waals surface area contributed by atoms with Crippen molar-refractivity contribution in [1.29, 1.82) is 0 Å². The second kappa shape index (κ2) is 2.32. The van der Waals surface area contributed by atoms with Gasteiger partial charge in [-0.1, -0.05) is 6.08 Å². The molecule has 3 N–H and O–H groups in total. The molecule has 2 unspecified atom stereocenters. The minimum atomic E-state index is -0.777. The molecule has 0 aromatic carbocycles. The van der Waals surface area contributed by atoms with Crippen LogP contribution < -0.4 is 10.9 Å². The Morgan fingerprint density at radius 1 is 1.73 bits per heavy atom. The van der Waals surface area contributed by atoms with Crippen LogP contribution >= 0.6 is 0 Å². The van der Waals surface area contributed by atoms with E-state index in [-0.39, 0.29) is 0 Å². The number of carbonyl (C=O) groups is 1. The van der Waals surface area contributed by atoms with E-state index in [1.54, 1.807) is 0 Å². The van der Waals surface area contributed by atoms with Crippen molar-refractivity contribution in [2.45, 2.75) is 12.5 Å². The normalized spacial score (nSPS) is 35.1. The summed E-state index contributed by atoms with van der Waals surface area (Å²) in [6.45, 7) is 0.849. The first-order chi connectivity index (χ1) is 5.27. The zero-order chi connectivity index (χ0) is 7.84. The summed E-state index contributed by atoms with van der Waals surface area (Å²) in [7, 11) is 0. The Morgan fingerprint density at radius 2 is 2.55 bits per heavy atom. The topological polar surface area (TPSA) is 61.4 Å². The van der Waals surface area contributed by atoms with Gasteiger partial charge in [-0.15, -0.1) is 0 Å². The molecule has 0 amide bonds. The Kier molecular flexibility index (Phi) is 1.44. The van der Waals surface area contributed by atoms with Crippen molar-refractivity contribution in [3.05, 3.63) is 11.6 Å². The van der Waals surface area contributed by atoms with Crippen LogP contribution in [-0.4, -0.2) is 23.7 Å². The van der Waals surface area contributed by atoms with Gasteiger partial charge in [0.25, 0.3) is 0 Å². The van der Waals surface area contributed by atoms with Crippen molar-refractivity contribution < 1.29 is 9.90 Å². The van der Waals surface area contributed by atoms with Gasteiger partial charge in [-0.25, -0.2) is 4.79 Å². The first-order valence-electron chi connectivity index (χ1n) is 3.70. The molecule has 0 aromatic heterocycles. The minimum absolute atomic E-state index is 0.307. The first-order valence-corrected chi connectivity index (χ1v) is 3.70. The lowest BCUT2D eigenvalue weighted by Gasteiger charge is -2.04. The Hall–Kier alpha value is -0.870. The van der Waals surface area contributed by atoms with Gasteiger partial charge in [-0.3, -0.25) is 10.9 Å². The number of rotatable bonds is 1. The van der Waals surface area contributed by atoms with E-state index in [4.69, 9.17) is 5.11 Å². The quantitative estimate of drug-likeness (QED) is 0.476. The molecule has 1 aliphatic heterocycles. The fourth-order valence-corrected chi connectivity index (χ4v) is 1.66. The summed E-state index contributed by atoms with van der Waals surface area (Å²) in [5.74, 6) is -0.401. The molecule has 2 rings (SSSR count). The maximum absolute atomic E-state index is 10.5. The van der Waals surface area contributed by atoms with Crippen molar-refractivity contribution in [1.82, 2.24) is 10.9 Å². The van der Waals surface area contributed by atoms with Gasteiger partial charge in [-0.2, -0.15) is 0 Å². The molecule has 60 valence electrons. The molecule has 1 fully saturated rings. The fraction of sp³-hybridized carbons (Fsp3) is 0.571. The number of hydrazine groups is 1. The molecule has 0 saturated carbocycles. The van der Waals surface area contributed by atoms with E-state index in [0.717, 1.165) is 6.54 Å². The molecular weight excluding hydrogens is 144 g/mol. The predicted molar refractivity (Wildman–Crippen MR) is 38.8 cm³/mol. The number of carboxylic acids is 1. The molecule has 1 aliphatic carbocycles. The Balaban J connectivity index is 2.13. The van der Waals surface area contributed by atoms with E-state index >= 15 is 0 Å². The van der Waals surface area contributed by atoms with Gasteiger partial charge in [-0.05, 0) is 6.42 Å². The maximum Gasteiger partial charge on any atom is 0.331 e. The monoisotopic (exact) mass is 154 g/mol. The fourth-order valence-electron chi connectivity index (χ4n) is 1.66. The van der Waals surface area contributed by atoms with Gasteiger partial charge < -0.3 is 5.11 Å². The minimum Gasteiger partial charge on any atom is -0.478 e. The second-order valence-corrected chi connectivity index (χ2v) is 3.00. The molecule has 4 nitrogen and oxygen atoms in total. The number of aliphatic carboxylic acids is 1. The van der Waals surface area contributed by atoms with Crippen LogP contribution in [0.5, 0.6) is 0 Å². The zero-order valence-corrected chi connectivity index (χ0v) is 6.00. The third-order valence-corrected chi connectivity index (χ3v) is 2.27. The molecule has 0 bridgehead atoms. The summed E-state index contributed by atoms with van der Waals surface area (Å²) >= 11 is 0.